The van der Waals surface area contributed by atoms with E-state index in [1.54, 1.807) is 0 Å². The van der Waals surface area contributed by atoms with Crippen LogP contribution in [0.15, 0.2) is 4.99 Å². The molecular formula is C11H5F17N2O2. The number of rotatable bonds is 7. The van der Waals surface area contributed by atoms with Gasteiger partial charge in [-0.05, 0) is 0 Å². The second-order valence-corrected chi connectivity index (χ2v) is 5.65. The third-order valence-corrected chi connectivity index (χ3v) is 3.34. The van der Waals surface area contributed by atoms with Crippen molar-refractivity contribution < 1.29 is 84.1 Å². The minimum atomic E-state index is -7.89. The van der Waals surface area contributed by atoms with E-state index in [-0.39, 0.29) is 0 Å². The predicted octanol–water partition coefficient (Wildman–Crippen LogP) is 4.86. The highest BCUT2D eigenvalue weighted by Gasteiger charge is 2.85. The lowest BCUT2D eigenvalue weighted by molar-refractivity contribution is -0.547. The lowest BCUT2D eigenvalue weighted by Crippen LogP contribution is -2.68. The fourth-order valence-electron chi connectivity index (χ4n) is 1.78. The Kier molecular flexibility index (Phi) is 6.72. The second-order valence-electron chi connectivity index (χ2n) is 5.65. The molecule has 0 spiro atoms. The number of nitrogens with one attached hydrogen (secondary N) is 1. The van der Waals surface area contributed by atoms with Crippen molar-refractivity contribution in [2.24, 2.45) is 4.99 Å². The maximum absolute atomic E-state index is 14.1. The van der Waals surface area contributed by atoms with Crippen LogP contribution in [0.25, 0.3) is 0 Å². The van der Waals surface area contributed by atoms with Gasteiger partial charge >= 0.3 is 48.4 Å². The summed E-state index contributed by atoms with van der Waals surface area (Å²) < 4.78 is 223. The number of aliphatic imine (C=N–C) groups is 1. The Morgan fingerprint density at radius 3 is 1.38 bits per heavy atom. The van der Waals surface area contributed by atoms with Crippen LogP contribution < -0.4 is 5.32 Å². The maximum atomic E-state index is 14.1. The molecule has 0 aromatic carbocycles. The molecule has 1 heterocycles. The van der Waals surface area contributed by atoms with Crippen LogP contribution >= 0.6 is 0 Å². The van der Waals surface area contributed by atoms with Crippen LogP contribution in [-0.4, -0.2) is 67.3 Å². The van der Waals surface area contributed by atoms with Gasteiger partial charge in [0.05, 0.1) is 6.54 Å². The van der Waals surface area contributed by atoms with Crippen molar-refractivity contribution in [3.05, 3.63) is 0 Å². The van der Waals surface area contributed by atoms with Crippen molar-refractivity contribution in [3.63, 3.8) is 0 Å². The van der Waals surface area contributed by atoms with Crippen molar-refractivity contribution in [3.8, 4) is 0 Å². The standard InChI is InChI=1S/C11H5F17N2O2/c12-4(7(16,17)18,3-29-1-2-30-3)31-11(27,28)6(15,9(22,23)24)32-10(25,26)5(13,14)8(19,20)21/h1-2H2,(H,29,30)/t4-,6-/m1/s1. The first kappa shape index (κ1) is 28.2. The Hall–Kier alpha value is -1.80. The van der Waals surface area contributed by atoms with Gasteiger partial charge in [0.2, 0.25) is 0 Å². The van der Waals surface area contributed by atoms with Gasteiger partial charge in [-0.1, -0.05) is 0 Å². The maximum Gasteiger partial charge on any atom is 0.462 e. The number of amidine groups is 1. The zero-order chi connectivity index (χ0) is 25.8. The summed E-state index contributed by atoms with van der Waals surface area (Å²) in [5, 5.41) is 1.24. The van der Waals surface area contributed by atoms with Crippen LogP contribution in [0.3, 0.4) is 0 Å². The molecule has 0 saturated carbocycles. The first-order valence-electron chi connectivity index (χ1n) is 7.17. The molecule has 32 heavy (non-hydrogen) atoms. The van der Waals surface area contributed by atoms with E-state index in [1.807, 2.05) is 0 Å². The third-order valence-electron chi connectivity index (χ3n) is 3.34. The molecule has 190 valence electrons. The molecule has 0 aromatic rings. The zero-order valence-corrected chi connectivity index (χ0v) is 14.1. The van der Waals surface area contributed by atoms with E-state index in [1.165, 1.54) is 10.1 Å². The highest BCUT2D eigenvalue weighted by Crippen LogP contribution is 2.56. The molecule has 21 heteroatoms. The average Bonchev–Trinajstić information content (AvgIpc) is 3.05. The van der Waals surface area contributed by atoms with Crippen molar-refractivity contribution in [2.75, 3.05) is 13.1 Å². The molecule has 1 aliphatic heterocycles. The Morgan fingerprint density at radius 2 is 1.06 bits per heavy atom. The van der Waals surface area contributed by atoms with Gasteiger partial charge in [0, 0.05) is 6.54 Å². The Labute approximate surface area is 163 Å². The van der Waals surface area contributed by atoms with Crippen LogP contribution in [-0.2, 0) is 9.47 Å². The van der Waals surface area contributed by atoms with Gasteiger partial charge in [-0.2, -0.15) is 74.6 Å². The molecule has 0 aromatic heterocycles. The van der Waals surface area contributed by atoms with Gasteiger partial charge in [-0.25, -0.2) is 0 Å². The van der Waals surface area contributed by atoms with E-state index >= 15 is 0 Å². The molecule has 0 aliphatic carbocycles. The van der Waals surface area contributed by atoms with Gasteiger partial charge in [0.15, 0.2) is 5.84 Å². The van der Waals surface area contributed by atoms with Crippen molar-refractivity contribution in [1.29, 1.82) is 0 Å². The molecule has 0 bridgehead atoms. The van der Waals surface area contributed by atoms with Crippen molar-refractivity contribution in [1.82, 2.24) is 5.32 Å². The van der Waals surface area contributed by atoms with E-state index in [0.717, 1.165) is 0 Å². The Bertz CT molecular complexity index is 725. The normalized spacial score (nSPS) is 21.0. The highest BCUT2D eigenvalue weighted by molar-refractivity contribution is 5.91. The van der Waals surface area contributed by atoms with E-state index in [2.05, 4.69) is 9.73 Å². The number of hydrogen-bond donors (Lipinski definition) is 1. The van der Waals surface area contributed by atoms with Gasteiger partial charge in [-0.15, -0.1) is 0 Å². The summed E-state index contributed by atoms with van der Waals surface area (Å²) in [6, 6.07) is 0. The first-order chi connectivity index (χ1) is 13.8. The Balaban J connectivity index is 3.59. The molecule has 0 amide bonds. The fraction of sp³-hybridized carbons (Fsp3) is 0.909. The first-order valence-corrected chi connectivity index (χ1v) is 7.17. The molecule has 1 N–H and O–H groups in total. The number of nitrogens with zero attached hydrogens (tertiary/aromatic N) is 1. The second kappa shape index (κ2) is 7.62. The smallest absolute Gasteiger partial charge is 0.367 e. The quantitative estimate of drug-likeness (QED) is 0.488. The van der Waals surface area contributed by atoms with E-state index in [0.29, 0.717) is 0 Å². The lowest BCUT2D eigenvalue weighted by atomic mass is 10.2. The number of hydrogen-bond acceptors (Lipinski definition) is 4. The predicted molar refractivity (Wildman–Crippen MR) is 63.2 cm³/mol. The number of ether oxygens (including phenoxy) is 2. The summed E-state index contributed by atoms with van der Waals surface area (Å²) in [4.78, 5) is 2.54. The monoisotopic (exact) mass is 520 g/mol. The molecule has 0 radical (unpaired) electrons. The van der Waals surface area contributed by atoms with E-state index in [4.69, 9.17) is 0 Å². The summed E-state index contributed by atoms with van der Waals surface area (Å²) in [7, 11) is 0. The highest BCUT2D eigenvalue weighted by atomic mass is 19.4. The Morgan fingerprint density at radius 1 is 0.594 bits per heavy atom. The molecule has 4 nitrogen and oxygen atoms in total. The summed E-state index contributed by atoms with van der Waals surface area (Å²) in [6.45, 7) is -1.63. The summed E-state index contributed by atoms with van der Waals surface area (Å²) in [5.41, 5.74) is 0. The molecule has 0 fully saturated rings. The molecular weight excluding hydrogens is 515 g/mol. The zero-order valence-electron chi connectivity index (χ0n) is 14.1. The van der Waals surface area contributed by atoms with Crippen LogP contribution in [0.5, 0.6) is 0 Å². The topological polar surface area (TPSA) is 42.9 Å². The van der Waals surface area contributed by atoms with E-state index < -0.39 is 67.3 Å². The van der Waals surface area contributed by atoms with Gasteiger partial charge < -0.3 is 5.32 Å². The van der Waals surface area contributed by atoms with Crippen molar-refractivity contribution in [2.45, 2.75) is 48.4 Å². The molecule has 1 rings (SSSR count). The molecule has 0 unspecified atom stereocenters. The summed E-state index contributed by atoms with van der Waals surface area (Å²) >= 11 is 0. The lowest BCUT2D eigenvalue weighted by Gasteiger charge is -2.40. The minimum absolute atomic E-state index is 0.779. The largest absolute Gasteiger partial charge is 0.462 e. The molecule has 0 saturated heterocycles. The van der Waals surface area contributed by atoms with Crippen LogP contribution in [0.2, 0.25) is 0 Å². The molecule has 2 atom stereocenters. The third kappa shape index (κ3) is 4.49. The SMILES string of the molecule is FC(F)(F)C(F)(F)C(F)(F)O[C@](F)(C(F)(F)F)C(F)(F)O[C@](F)(C1=NCCN1)C(F)(F)F. The number of alkyl halides is 17. The number of halogens is 17. The molecule has 1 aliphatic rings. The summed E-state index contributed by atoms with van der Waals surface area (Å²) in [5.74, 6) is -24.3. The van der Waals surface area contributed by atoms with Gasteiger partial charge in [0.25, 0.3) is 0 Å². The summed E-state index contributed by atoms with van der Waals surface area (Å²) in [6.07, 6.45) is -37.7. The van der Waals surface area contributed by atoms with Crippen molar-refractivity contribution >= 4 is 5.84 Å². The van der Waals surface area contributed by atoms with E-state index in [9.17, 15) is 74.6 Å². The van der Waals surface area contributed by atoms with Gasteiger partial charge in [0.1, 0.15) is 0 Å². The van der Waals surface area contributed by atoms with Crippen LogP contribution in [0.4, 0.5) is 74.6 Å². The van der Waals surface area contributed by atoms with Crippen LogP contribution in [0.1, 0.15) is 0 Å². The van der Waals surface area contributed by atoms with Crippen LogP contribution in [0, 0.1) is 0 Å². The minimum Gasteiger partial charge on any atom is -0.367 e. The average molecular weight is 520 g/mol. The fourth-order valence-corrected chi connectivity index (χ4v) is 1.78. The van der Waals surface area contributed by atoms with Gasteiger partial charge in [-0.3, -0.25) is 14.5 Å².